The average Bonchev–Trinajstić information content (AvgIpc) is 2.42. The quantitative estimate of drug-likeness (QED) is 0.671. The predicted molar refractivity (Wildman–Crippen MR) is 64.4 cm³/mol. The molecule has 1 fully saturated rings. The number of carbonyl (C=O) groups is 1. The highest BCUT2D eigenvalue weighted by atomic mass is 16.5. The van der Waals surface area contributed by atoms with Gasteiger partial charge in [0.25, 0.3) is 0 Å². The van der Waals surface area contributed by atoms with Crippen molar-refractivity contribution in [3.05, 3.63) is 0 Å². The number of rotatable bonds is 4. The highest BCUT2D eigenvalue weighted by molar-refractivity contribution is 5.75. The van der Waals surface area contributed by atoms with E-state index in [0.29, 0.717) is 6.61 Å². The lowest BCUT2D eigenvalue weighted by Gasteiger charge is -2.24. The van der Waals surface area contributed by atoms with E-state index in [0.717, 1.165) is 25.9 Å². The zero-order valence-electron chi connectivity index (χ0n) is 10.7. The van der Waals surface area contributed by atoms with Crippen LogP contribution in [0, 0.1) is 0 Å². The van der Waals surface area contributed by atoms with Gasteiger partial charge in [0.2, 0.25) is 0 Å². The Morgan fingerprint density at radius 1 is 1.38 bits per heavy atom. The fourth-order valence-corrected chi connectivity index (χ4v) is 1.97. The first-order chi connectivity index (χ1) is 7.61. The molecule has 0 aliphatic carbocycles. The van der Waals surface area contributed by atoms with Crippen molar-refractivity contribution in [2.45, 2.75) is 31.7 Å². The molecule has 1 atom stereocenters. The molecule has 16 heavy (non-hydrogen) atoms. The second kappa shape index (κ2) is 6.86. The van der Waals surface area contributed by atoms with E-state index in [-0.39, 0.29) is 12.0 Å². The lowest BCUT2D eigenvalue weighted by molar-refractivity contribution is -0.149. The standard InChI is InChI=1S/C12H24N2O2/c1-13(2)9-10-16-12(15)11-7-5-4-6-8-14(11)3/h11H,4-10H2,1-3H3/t11-/m0/s1. The topological polar surface area (TPSA) is 32.8 Å². The zero-order chi connectivity index (χ0) is 12.0. The number of esters is 1. The summed E-state index contributed by atoms with van der Waals surface area (Å²) in [7, 11) is 5.97. The minimum atomic E-state index is -0.0498. The maximum absolute atomic E-state index is 11.9. The number of hydrogen-bond donors (Lipinski definition) is 0. The highest BCUT2D eigenvalue weighted by Gasteiger charge is 2.25. The molecule has 0 aromatic carbocycles. The maximum Gasteiger partial charge on any atom is 0.323 e. The van der Waals surface area contributed by atoms with Crippen LogP contribution in [0.4, 0.5) is 0 Å². The number of ether oxygens (including phenoxy) is 1. The van der Waals surface area contributed by atoms with Crippen molar-refractivity contribution in [1.29, 1.82) is 0 Å². The third kappa shape index (κ3) is 4.49. The molecule has 0 spiro atoms. The molecular formula is C12H24N2O2. The van der Waals surface area contributed by atoms with Gasteiger partial charge in [-0.15, -0.1) is 0 Å². The lowest BCUT2D eigenvalue weighted by atomic mass is 10.1. The van der Waals surface area contributed by atoms with E-state index in [1.54, 1.807) is 0 Å². The molecule has 1 aliphatic heterocycles. The van der Waals surface area contributed by atoms with Crippen LogP contribution in [0.25, 0.3) is 0 Å². The molecule has 0 amide bonds. The van der Waals surface area contributed by atoms with Crippen LogP contribution in [0.5, 0.6) is 0 Å². The molecule has 1 saturated heterocycles. The maximum atomic E-state index is 11.9. The summed E-state index contributed by atoms with van der Waals surface area (Å²) in [4.78, 5) is 16.0. The molecule has 94 valence electrons. The normalized spacial score (nSPS) is 23.1. The van der Waals surface area contributed by atoms with Crippen LogP contribution < -0.4 is 0 Å². The molecular weight excluding hydrogens is 204 g/mol. The summed E-state index contributed by atoms with van der Waals surface area (Å²) in [5.41, 5.74) is 0. The van der Waals surface area contributed by atoms with Gasteiger partial charge in [-0.25, -0.2) is 0 Å². The molecule has 0 unspecified atom stereocenters. The number of nitrogens with zero attached hydrogens (tertiary/aromatic N) is 2. The van der Waals surface area contributed by atoms with Gasteiger partial charge in [0.1, 0.15) is 12.6 Å². The van der Waals surface area contributed by atoms with Crippen molar-refractivity contribution in [2.24, 2.45) is 0 Å². The fraction of sp³-hybridized carbons (Fsp3) is 0.917. The summed E-state index contributed by atoms with van der Waals surface area (Å²) in [6.45, 7) is 2.30. The molecule has 0 bridgehead atoms. The van der Waals surface area contributed by atoms with Crippen molar-refractivity contribution in [3.8, 4) is 0 Å². The summed E-state index contributed by atoms with van der Waals surface area (Å²) in [5, 5.41) is 0. The third-order valence-electron chi connectivity index (χ3n) is 3.08. The van der Waals surface area contributed by atoms with Crippen molar-refractivity contribution in [1.82, 2.24) is 9.80 Å². The van der Waals surface area contributed by atoms with Gasteiger partial charge in [-0.05, 0) is 40.5 Å². The van der Waals surface area contributed by atoms with E-state index in [2.05, 4.69) is 4.90 Å². The Labute approximate surface area is 98.5 Å². The van der Waals surface area contributed by atoms with Gasteiger partial charge in [-0.2, -0.15) is 0 Å². The highest BCUT2D eigenvalue weighted by Crippen LogP contribution is 2.16. The molecule has 1 heterocycles. The predicted octanol–water partition coefficient (Wildman–Crippen LogP) is 0.966. The van der Waals surface area contributed by atoms with Crippen LogP contribution in [-0.2, 0) is 9.53 Å². The van der Waals surface area contributed by atoms with Crippen LogP contribution >= 0.6 is 0 Å². The largest absolute Gasteiger partial charge is 0.463 e. The number of likely N-dealkylation sites (N-methyl/N-ethyl adjacent to an activating group) is 2. The first-order valence-corrected chi connectivity index (χ1v) is 6.13. The Kier molecular flexibility index (Phi) is 5.77. The Morgan fingerprint density at radius 3 is 2.81 bits per heavy atom. The average molecular weight is 228 g/mol. The lowest BCUT2D eigenvalue weighted by Crippen LogP contribution is -2.39. The van der Waals surface area contributed by atoms with E-state index in [1.165, 1.54) is 12.8 Å². The molecule has 1 aliphatic rings. The minimum Gasteiger partial charge on any atom is -0.463 e. The van der Waals surface area contributed by atoms with Gasteiger partial charge in [-0.1, -0.05) is 12.8 Å². The molecule has 0 saturated carbocycles. The zero-order valence-corrected chi connectivity index (χ0v) is 10.7. The summed E-state index contributed by atoms with van der Waals surface area (Å²) in [6, 6.07) is -0.0235. The number of carbonyl (C=O) groups excluding carboxylic acids is 1. The van der Waals surface area contributed by atoms with E-state index < -0.39 is 0 Å². The SMILES string of the molecule is CN(C)CCOC(=O)[C@@H]1CCCCCN1C. The summed E-state index contributed by atoms with van der Waals surface area (Å²) >= 11 is 0. The van der Waals surface area contributed by atoms with Gasteiger partial charge >= 0.3 is 5.97 Å². The second-order valence-electron chi connectivity index (χ2n) is 4.82. The van der Waals surface area contributed by atoms with Crippen molar-refractivity contribution in [3.63, 3.8) is 0 Å². The van der Waals surface area contributed by atoms with Gasteiger partial charge in [0.15, 0.2) is 0 Å². The molecule has 1 rings (SSSR count). The van der Waals surface area contributed by atoms with E-state index in [9.17, 15) is 4.79 Å². The van der Waals surface area contributed by atoms with Gasteiger partial charge < -0.3 is 9.64 Å². The molecule has 0 aromatic rings. The number of hydrogen-bond acceptors (Lipinski definition) is 4. The van der Waals surface area contributed by atoms with Crippen LogP contribution in [0.2, 0.25) is 0 Å². The summed E-state index contributed by atoms with van der Waals surface area (Å²) in [5.74, 6) is -0.0498. The first kappa shape index (κ1) is 13.5. The molecule has 0 radical (unpaired) electrons. The Hall–Kier alpha value is -0.610. The Bertz CT molecular complexity index is 219. The number of likely N-dealkylation sites (tertiary alicyclic amines) is 1. The molecule has 4 nitrogen and oxygen atoms in total. The second-order valence-corrected chi connectivity index (χ2v) is 4.82. The Morgan fingerprint density at radius 2 is 2.12 bits per heavy atom. The van der Waals surface area contributed by atoms with Crippen LogP contribution in [0.3, 0.4) is 0 Å². The third-order valence-corrected chi connectivity index (χ3v) is 3.08. The molecule has 0 aromatic heterocycles. The van der Waals surface area contributed by atoms with Crippen LogP contribution in [-0.4, -0.2) is 62.7 Å². The van der Waals surface area contributed by atoms with Crippen molar-refractivity contribution >= 4 is 5.97 Å². The van der Waals surface area contributed by atoms with Crippen LogP contribution in [0.1, 0.15) is 25.7 Å². The van der Waals surface area contributed by atoms with Gasteiger partial charge in [-0.3, -0.25) is 9.69 Å². The summed E-state index contributed by atoms with van der Waals surface area (Å²) in [6.07, 6.45) is 4.50. The van der Waals surface area contributed by atoms with Crippen LogP contribution in [0.15, 0.2) is 0 Å². The minimum absolute atomic E-state index is 0.0235. The van der Waals surface area contributed by atoms with Gasteiger partial charge in [0, 0.05) is 6.54 Å². The van der Waals surface area contributed by atoms with E-state index in [4.69, 9.17) is 4.74 Å². The Balaban J connectivity index is 2.33. The molecule has 4 heteroatoms. The van der Waals surface area contributed by atoms with Gasteiger partial charge in [0.05, 0.1) is 0 Å². The smallest absolute Gasteiger partial charge is 0.323 e. The fourth-order valence-electron chi connectivity index (χ4n) is 1.97. The summed E-state index contributed by atoms with van der Waals surface area (Å²) < 4.78 is 5.30. The van der Waals surface area contributed by atoms with E-state index in [1.807, 2.05) is 26.0 Å². The van der Waals surface area contributed by atoms with E-state index >= 15 is 0 Å². The molecule has 0 N–H and O–H groups in total. The first-order valence-electron chi connectivity index (χ1n) is 6.13. The monoisotopic (exact) mass is 228 g/mol. The van der Waals surface area contributed by atoms with Crippen molar-refractivity contribution < 1.29 is 9.53 Å². The van der Waals surface area contributed by atoms with Crippen molar-refractivity contribution in [2.75, 3.05) is 40.8 Å².